The van der Waals surface area contributed by atoms with Crippen molar-refractivity contribution in [3.05, 3.63) is 72.9 Å². The van der Waals surface area contributed by atoms with Crippen molar-refractivity contribution in [2.45, 2.75) is 303 Å². The average molecular weight is 1100 g/mol. The predicted octanol–water partition coefficient (Wildman–Crippen LogP) is 19.4. The zero-order chi connectivity index (χ0) is 56.4. The van der Waals surface area contributed by atoms with Crippen molar-refractivity contribution in [1.29, 1.82) is 0 Å². The summed E-state index contributed by atoms with van der Waals surface area (Å²) in [5, 5.41) is 3.03. The summed E-state index contributed by atoms with van der Waals surface area (Å²) in [4.78, 5) is 40.0. The highest BCUT2D eigenvalue weighted by atomic mass is 31.2. The van der Waals surface area contributed by atoms with Gasteiger partial charge in [-0.25, -0.2) is 0 Å². The molecule has 1 N–H and O–H groups in total. The summed E-state index contributed by atoms with van der Waals surface area (Å²) in [6, 6.07) is -0.899. The van der Waals surface area contributed by atoms with Gasteiger partial charge >= 0.3 is 5.97 Å². The Bertz CT molecular complexity index is 1550. The van der Waals surface area contributed by atoms with Crippen LogP contribution in [0.1, 0.15) is 290 Å². The van der Waals surface area contributed by atoms with Crippen LogP contribution in [-0.4, -0.2) is 69.4 Å². The standard InChI is InChI=1S/C67H123N2O7P/c1-7-10-13-16-19-22-25-28-30-31-32-33-34-35-36-37-38-39-40-41-44-47-50-53-56-59-66(70)68-64(63-75-77(72,73)74-62-61-69(4,5)6)65(58-55-52-49-46-43-27-24-21-18-15-12-9-3)76-67(71)60-57-54-51-48-45-42-29-26-23-20-17-14-11-8-2/h11,14,19-20,22-23,28-30,42,55,58,64-65H,7-10,12-13,15-18,21,24-27,31-41,43-54,56-57,59-63H2,1-6H3,(H-,68,70,72,73)/b14-11+,22-19-,23-20+,30-28-,42-29+,58-55-. The van der Waals surface area contributed by atoms with Crippen LogP contribution in [0.4, 0.5) is 0 Å². The van der Waals surface area contributed by atoms with Gasteiger partial charge in [0.2, 0.25) is 5.91 Å². The minimum absolute atomic E-state index is 0.0275. The maximum Gasteiger partial charge on any atom is 0.306 e. The fourth-order valence-corrected chi connectivity index (χ4v) is 9.88. The first-order chi connectivity index (χ1) is 37.4. The number of rotatable bonds is 58. The lowest BCUT2D eigenvalue weighted by Crippen LogP contribution is -2.47. The lowest BCUT2D eigenvalue weighted by Gasteiger charge is -2.30. The molecule has 0 aliphatic heterocycles. The van der Waals surface area contributed by atoms with Gasteiger partial charge in [-0.15, -0.1) is 0 Å². The third-order valence-electron chi connectivity index (χ3n) is 14.1. The Balaban J connectivity index is 5.10. The van der Waals surface area contributed by atoms with E-state index in [-0.39, 0.29) is 24.9 Å². The van der Waals surface area contributed by atoms with Crippen LogP contribution >= 0.6 is 7.82 Å². The number of phosphoric acid groups is 1. The Labute approximate surface area is 476 Å². The van der Waals surface area contributed by atoms with Gasteiger partial charge in [-0.05, 0) is 96.0 Å². The summed E-state index contributed by atoms with van der Waals surface area (Å²) in [6.45, 7) is 6.70. The third-order valence-corrected chi connectivity index (χ3v) is 15.1. The Morgan fingerprint density at radius 2 is 0.831 bits per heavy atom. The summed E-state index contributed by atoms with van der Waals surface area (Å²) < 4.78 is 30.3. The molecule has 1 amide bonds. The van der Waals surface area contributed by atoms with Crippen molar-refractivity contribution in [1.82, 2.24) is 5.32 Å². The summed E-state index contributed by atoms with van der Waals surface area (Å²) in [7, 11) is 1.17. The molecule has 10 heteroatoms. The second kappa shape index (κ2) is 56.7. The zero-order valence-electron chi connectivity index (χ0n) is 51.2. The van der Waals surface area contributed by atoms with Crippen molar-refractivity contribution in [3.8, 4) is 0 Å². The highest BCUT2D eigenvalue weighted by molar-refractivity contribution is 7.45. The lowest BCUT2D eigenvalue weighted by atomic mass is 10.0. The number of likely N-dealkylation sites (N-methyl/N-ethyl adjacent to an activating group) is 1. The van der Waals surface area contributed by atoms with Gasteiger partial charge in [0.25, 0.3) is 7.82 Å². The summed E-state index contributed by atoms with van der Waals surface area (Å²) >= 11 is 0. The first-order valence-electron chi connectivity index (χ1n) is 32.2. The molecule has 0 radical (unpaired) electrons. The Kier molecular flexibility index (Phi) is 54.8. The summed E-state index contributed by atoms with van der Waals surface area (Å²) in [5.41, 5.74) is 0. The summed E-state index contributed by atoms with van der Waals surface area (Å²) in [5.74, 6) is -0.562. The van der Waals surface area contributed by atoms with Crippen molar-refractivity contribution < 1.29 is 37.3 Å². The van der Waals surface area contributed by atoms with E-state index < -0.39 is 26.6 Å². The molecule has 448 valence electrons. The van der Waals surface area contributed by atoms with Crippen LogP contribution in [0.25, 0.3) is 0 Å². The number of carbonyl (C=O) groups excluding carboxylic acids is 2. The van der Waals surface area contributed by atoms with Gasteiger partial charge in [-0.1, -0.05) is 255 Å². The van der Waals surface area contributed by atoms with Gasteiger partial charge in [0.15, 0.2) is 0 Å². The van der Waals surface area contributed by atoms with E-state index in [1.165, 1.54) is 161 Å². The van der Waals surface area contributed by atoms with Gasteiger partial charge in [-0.2, -0.15) is 0 Å². The number of ether oxygens (including phenoxy) is 1. The van der Waals surface area contributed by atoms with Crippen LogP contribution < -0.4 is 10.2 Å². The first kappa shape index (κ1) is 74.5. The monoisotopic (exact) mass is 1100 g/mol. The molecule has 77 heavy (non-hydrogen) atoms. The van der Waals surface area contributed by atoms with Gasteiger partial charge in [-0.3, -0.25) is 14.2 Å². The Morgan fingerprint density at radius 3 is 1.27 bits per heavy atom. The number of carbonyl (C=O) groups is 2. The molecule has 0 bridgehead atoms. The maximum atomic E-state index is 13.5. The highest BCUT2D eigenvalue weighted by Crippen LogP contribution is 2.38. The van der Waals surface area contributed by atoms with Crippen molar-refractivity contribution in [3.63, 3.8) is 0 Å². The fourth-order valence-electron chi connectivity index (χ4n) is 9.16. The fraction of sp³-hybridized carbons (Fsp3) is 0.791. The highest BCUT2D eigenvalue weighted by Gasteiger charge is 2.27. The molecule has 3 atom stereocenters. The number of hydrogen-bond acceptors (Lipinski definition) is 7. The number of hydrogen-bond donors (Lipinski definition) is 1. The van der Waals surface area contributed by atoms with Crippen LogP contribution in [-0.2, 0) is 27.9 Å². The van der Waals surface area contributed by atoms with E-state index in [1.54, 1.807) is 0 Å². The van der Waals surface area contributed by atoms with Crippen LogP contribution in [0.2, 0.25) is 0 Å². The quantitative estimate of drug-likeness (QED) is 0.0212. The van der Waals surface area contributed by atoms with Gasteiger partial charge in [0.1, 0.15) is 19.3 Å². The molecular weight excluding hydrogens is 976 g/mol. The molecule has 3 unspecified atom stereocenters. The first-order valence-corrected chi connectivity index (χ1v) is 33.7. The van der Waals surface area contributed by atoms with Crippen LogP contribution in [0, 0.1) is 0 Å². The van der Waals surface area contributed by atoms with Gasteiger partial charge < -0.3 is 28.5 Å². The molecule has 0 rings (SSSR count). The van der Waals surface area contributed by atoms with E-state index in [4.69, 9.17) is 13.8 Å². The molecule has 0 spiro atoms. The molecular formula is C67H123N2O7P. The number of nitrogens with one attached hydrogen (secondary N) is 1. The van der Waals surface area contributed by atoms with E-state index >= 15 is 0 Å². The summed E-state index contributed by atoms with van der Waals surface area (Å²) in [6.07, 6.45) is 73.1. The normalized spacial score (nSPS) is 14.1. The van der Waals surface area contributed by atoms with Crippen LogP contribution in [0.3, 0.4) is 0 Å². The second-order valence-corrected chi connectivity index (χ2v) is 24.3. The number of esters is 1. The molecule has 9 nitrogen and oxygen atoms in total. The Morgan fingerprint density at radius 1 is 0.468 bits per heavy atom. The molecule has 0 aliphatic carbocycles. The third kappa shape index (κ3) is 57.9. The number of unbranched alkanes of at least 4 members (excludes halogenated alkanes) is 32. The average Bonchev–Trinajstić information content (AvgIpc) is 3.39. The number of allylic oxidation sites excluding steroid dienone is 11. The van der Waals surface area contributed by atoms with Gasteiger partial charge in [0.05, 0.1) is 33.8 Å². The molecule has 0 aliphatic rings. The predicted molar refractivity (Wildman–Crippen MR) is 330 cm³/mol. The van der Waals surface area contributed by atoms with E-state index in [0.29, 0.717) is 23.9 Å². The molecule has 0 aromatic carbocycles. The van der Waals surface area contributed by atoms with E-state index in [2.05, 4.69) is 86.8 Å². The molecule has 0 fully saturated rings. The Hall–Kier alpha value is -2.55. The maximum absolute atomic E-state index is 13.5. The second-order valence-electron chi connectivity index (χ2n) is 22.9. The van der Waals surface area contributed by atoms with Crippen LogP contribution in [0.15, 0.2) is 72.9 Å². The van der Waals surface area contributed by atoms with Crippen molar-refractivity contribution in [2.75, 3.05) is 40.9 Å². The zero-order valence-corrected chi connectivity index (χ0v) is 52.0. The topological polar surface area (TPSA) is 114 Å². The molecule has 0 heterocycles. The number of phosphoric ester groups is 1. The molecule has 0 aromatic heterocycles. The lowest BCUT2D eigenvalue weighted by molar-refractivity contribution is -0.870. The molecule has 0 saturated heterocycles. The van der Waals surface area contributed by atoms with Crippen LogP contribution in [0.5, 0.6) is 0 Å². The number of nitrogens with zero attached hydrogens (tertiary/aromatic N) is 1. The molecule has 0 aromatic rings. The van der Waals surface area contributed by atoms with E-state index in [9.17, 15) is 19.0 Å². The largest absolute Gasteiger partial charge is 0.756 e. The van der Waals surface area contributed by atoms with Gasteiger partial charge in [0, 0.05) is 12.8 Å². The number of amides is 1. The SMILES string of the molecule is CC/C=C/C/C=C/C/C=C/CCCCCCC(=O)OC(/C=C\CCCCCCCCCCCC)C(COP(=O)([O-])OCC[N+](C)(C)C)NC(=O)CCCCCCCCCCCCCCCCC/C=C\C/C=C\CCCCC. The van der Waals surface area contributed by atoms with E-state index in [1.807, 2.05) is 33.3 Å². The minimum atomic E-state index is -4.70. The molecule has 0 saturated carbocycles. The van der Waals surface area contributed by atoms with Crippen molar-refractivity contribution in [2.24, 2.45) is 0 Å². The minimum Gasteiger partial charge on any atom is -0.756 e. The van der Waals surface area contributed by atoms with E-state index in [0.717, 1.165) is 89.9 Å². The smallest absolute Gasteiger partial charge is 0.306 e. The van der Waals surface area contributed by atoms with Crippen molar-refractivity contribution >= 4 is 19.7 Å². The number of quaternary nitrogens is 1.